The van der Waals surface area contributed by atoms with Crippen molar-refractivity contribution in [2.75, 3.05) is 60.0 Å². The largest absolute Gasteiger partial charge is 0.496 e. The van der Waals surface area contributed by atoms with Gasteiger partial charge in [-0.25, -0.2) is 4.99 Å². The van der Waals surface area contributed by atoms with Crippen LogP contribution >= 0.6 is 0 Å². The molecule has 2 N–H and O–H groups in total. The second-order valence-electron chi connectivity index (χ2n) is 6.79. The van der Waals surface area contributed by atoms with Gasteiger partial charge < -0.3 is 25.2 Å². The fourth-order valence-corrected chi connectivity index (χ4v) is 3.17. The van der Waals surface area contributed by atoms with Crippen molar-refractivity contribution in [1.82, 2.24) is 20.4 Å². The lowest BCUT2D eigenvalue weighted by Crippen LogP contribution is -2.39. The van der Waals surface area contributed by atoms with Crippen LogP contribution in [0.25, 0.3) is 0 Å². The lowest BCUT2D eigenvalue weighted by Gasteiger charge is -2.20. The Labute approximate surface area is 158 Å². The van der Waals surface area contributed by atoms with Gasteiger partial charge in [-0.3, -0.25) is 0 Å². The number of aliphatic imine (C=N–C) groups is 1. The summed E-state index contributed by atoms with van der Waals surface area (Å²) >= 11 is 0. The fourth-order valence-electron chi connectivity index (χ4n) is 3.17. The topological polar surface area (TPSA) is 52.1 Å². The molecule has 1 heterocycles. The standard InChI is InChI=1S/C20H35N5O/c1-4-21-20(23-17-18-9-5-6-10-19(18)26-3)22-11-7-13-25-14-8-12-24(2)15-16-25/h5-6,9-10H,4,7-8,11-17H2,1-3H3,(H2,21,22,23). The first-order chi connectivity index (χ1) is 12.7. The first-order valence-electron chi connectivity index (χ1n) is 9.78. The number of benzene rings is 1. The monoisotopic (exact) mass is 361 g/mol. The van der Waals surface area contributed by atoms with E-state index in [1.165, 1.54) is 32.6 Å². The van der Waals surface area contributed by atoms with E-state index < -0.39 is 0 Å². The van der Waals surface area contributed by atoms with E-state index in [0.717, 1.165) is 43.3 Å². The summed E-state index contributed by atoms with van der Waals surface area (Å²) in [6.45, 7) is 10.4. The first-order valence-corrected chi connectivity index (χ1v) is 9.78. The van der Waals surface area contributed by atoms with Gasteiger partial charge in [0.15, 0.2) is 5.96 Å². The van der Waals surface area contributed by atoms with E-state index in [9.17, 15) is 0 Å². The van der Waals surface area contributed by atoms with E-state index >= 15 is 0 Å². The van der Waals surface area contributed by atoms with Crippen LogP contribution in [0.4, 0.5) is 0 Å². The molecule has 6 nitrogen and oxygen atoms in total. The van der Waals surface area contributed by atoms with E-state index in [4.69, 9.17) is 9.73 Å². The van der Waals surface area contributed by atoms with Crippen LogP contribution in [0.1, 0.15) is 25.3 Å². The van der Waals surface area contributed by atoms with Crippen LogP contribution in [0, 0.1) is 0 Å². The Morgan fingerprint density at radius 3 is 2.81 bits per heavy atom. The summed E-state index contributed by atoms with van der Waals surface area (Å²) in [6, 6.07) is 8.04. The zero-order valence-corrected chi connectivity index (χ0v) is 16.6. The summed E-state index contributed by atoms with van der Waals surface area (Å²) in [4.78, 5) is 9.69. The molecule has 6 heteroatoms. The molecule has 0 atom stereocenters. The minimum Gasteiger partial charge on any atom is -0.496 e. The molecule has 1 aliphatic heterocycles. The van der Waals surface area contributed by atoms with Crippen molar-refractivity contribution in [2.45, 2.75) is 26.3 Å². The summed E-state index contributed by atoms with van der Waals surface area (Å²) in [6.07, 6.45) is 2.40. The molecular formula is C20H35N5O. The molecule has 1 fully saturated rings. The molecule has 0 saturated carbocycles. The molecule has 1 aliphatic rings. The lowest BCUT2D eigenvalue weighted by molar-refractivity contribution is 0.274. The average Bonchev–Trinajstić information content (AvgIpc) is 2.87. The minimum absolute atomic E-state index is 0.609. The van der Waals surface area contributed by atoms with Gasteiger partial charge in [0.2, 0.25) is 0 Å². The summed E-state index contributed by atoms with van der Waals surface area (Å²) in [5, 5.41) is 6.78. The predicted molar refractivity (Wildman–Crippen MR) is 109 cm³/mol. The molecule has 0 amide bonds. The molecule has 1 aromatic rings. The zero-order chi connectivity index (χ0) is 18.6. The first kappa shape index (κ1) is 20.5. The number of ether oxygens (including phenoxy) is 1. The highest BCUT2D eigenvalue weighted by Gasteiger charge is 2.11. The molecule has 0 bridgehead atoms. The van der Waals surface area contributed by atoms with Crippen molar-refractivity contribution in [3.63, 3.8) is 0 Å². The van der Waals surface area contributed by atoms with Crippen LogP contribution in [0.2, 0.25) is 0 Å². The molecule has 146 valence electrons. The summed E-state index contributed by atoms with van der Waals surface area (Å²) < 4.78 is 5.40. The Morgan fingerprint density at radius 2 is 2.00 bits per heavy atom. The van der Waals surface area contributed by atoms with E-state index in [1.54, 1.807) is 7.11 Å². The smallest absolute Gasteiger partial charge is 0.191 e. The maximum atomic E-state index is 5.40. The maximum Gasteiger partial charge on any atom is 0.191 e. The molecule has 1 saturated heterocycles. The second kappa shape index (κ2) is 11.8. The predicted octanol–water partition coefficient (Wildman–Crippen LogP) is 1.78. The third-order valence-corrected chi connectivity index (χ3v) is 4.70. The van der Waals surface area contributed by atoms with Gasteiger partial charge in [0.25, 0.3) is 0 Å². The number of para-hydroxylation sites is 1. The van der Waals surface area contributed by atoms with Gasteiger partial charge in [-0.2, -0.15) is 0 Å². The van der Waals surface area contributed by atoms with Crippen LogP contribution in [-0.2, 0) is 6.54 Å². The highest BCUT2D eigenvalue weighted by molar-refractivity contribution is 5.79. The molecule has 26 heavy (non-hydrogen) atoms. The van der Waals surface area contributed by atoms with Crippen molar-refractivity contribution in [3.05, 3.63) is 29.8 Å². The molecular weight excluding hydrogens is 326 g/mol. The van der Waals surface area contributed by atoms with Gasteiger partial charge in [-0.05, 0) is 52.5 Å². The quantitative estimate of drug-likeness (QED) is 0.420. The molecule has 0 radical (unpaired) electrons. The van der Waals surface area contributed by atoms with Gasteiger partial charge in [0, 0.05) is 31.7 Å². The highest BCUT2D eigenvalue weighted by Crippen LogP contribution is 2.17. The lowest BCUT2D eigenvalue weighted by atomic mass is 10.2. The fraction of sp³-hybridized carbons (Fsp3) is 0.650. The number of hydrogen-bond donors (Lipinski definition) is 2. The summed E-state index contributed by atoms with van der Waals surface area (Å²) in [5.41, 5.74) is 1.10. The SMILES string of the molecule is CCNC(=NCc1ccccc1OC)NCCCN1CCCN(C)CC1. The molecule has 2 rings (SSSR count). The number of nitrogens with zero attached hydrogens (tertiary/aromatic N) is 3. The van der Waals surface area contributed by atoms with Crippen LogP contribution in [0.15, 0.2) is 29.3 Å². The maximum absolute atomic E-state index is 5.40. The second-order valence-corrected chi connectivity index (χ2v) is 6.79. The third-order valence-electron chi connectivity index (χ3n) is 4.70. The van der Waals surface area contributed by atoms with E-state index in [0.29, 0.717) is 6.54 Å². The van der Waals surface area contributed by atoms with Crippen LogP contribution in [0.3, 0.4) is 0 Å². The van der Waals surface area contributed by atoms with Gasteiger partial charge in [0.05, 0.1) is 13.7 Å². The van der Waals surface area contributed by atoms with Crippen LogP contribution in [-0.4, -0.2) is 75.7 Å². The minimum atomic E-state index is 0.609. The van der Waals surface area contributed by atoms with Gasteiger partial charge in [-0.15, -0.1) is 0 Å². The Morgan fingerprint density at radius 1 is 1.15 bits per heavy atom. The number of likely N-dealkylation sites (N-methyl/N-ethyl adjacent to an activating group) is 1. The molecule has 0 spiro atoms. The van der Waals surface area contributed by atoms with Gasteiger partial charge in [0.1, 0.15) is 5.75 Å². The van der Waals surface area contributed by atoms with Crippen LogP contribution < -0.4 is 15.4 Å². The Bertz CT molecular complexity index is 549. The Hall–Kier alpha value is -1.79. The Balaban J connectivity index is 1.76. The van der Waals surface area contributed by atoms with E-state index in [2.05, 4.69) is 40.5 Å². The number of hydrogen-bond acceptors (Lipinski definition) is 4. The average molecular weight is 362 g/mol. The van der Waals surface area contributed by atoms with Crippen molar-refractivity contribution >= 4 is 5.96 Å². The van der Waals surface area contributed by atoms with Crippen molar-refractivity contribution in [3.8, 4) is 5.75 Å². The normalized spacial score (nSPS) is 17.0. The number of nitrogens with one attached hydrogen (secondary N) is 2. The summed E-state index contributed by atoms with van der Waals surface area (Å²) in [5.74, 6) is 1.76. The molecule has 0 aliphatic carbocycles. The van der Waals surface area contributed by atoms with Crippen molar-refractivity contribution < 1.29 is 4.74 Å². The number of methoxy groups -OCH3 is 1. The third kappa shape index (κ3) is 7.22. The summed E-state index contributed by atoms with van der Waals surface area (Å²) in [7, 11) is 3.92. The van der Waals surface area contributed by atoms with E-state index in [-0.39, 0.29) is 0 Å². The zero-order valence-electron chi connectivity index (χ0n) is 16.6. The number of guanidine groups is 1. The van der Waals surface area contributed by atoms with Gasteiger partial charge >= 0.3 is 0 Å². The van der Waals surface area contributed by atoms with Gasteiger partial charge in [-0.1, -0.05) is 18.2 Å². The molecule has 1 aromatic carbocycles. The molecule has 0 unspecified atom stereocenters. The molecule has 0 aromatic heterocycles. The van der Waals surface area contributed by atoms with Crippen molar-refractivity contribution in [1.29, 1.82) is 0 Å². The van der Waals surface area contributed by atoms with Crippen LogP contribution in [0.5, 0.6) is 5.75 Å². The van der Waals surface area contributed by atoms with E-state index in [1.807, 2.05) is 18.2 Å². The Kier molecular flexibility index (Phi) is 9.28. The van der Waals surface area contributed by atoms with Crippen molar-refractivity contribution in [2.24, 2.45) is 4.99 Å². The number of rotatable bonds is 8. The highest BCUT2D eigenvalue weighted by atomic mass is 16.5.